The second-order valence-corrected chi connectivity index (χ2v) is 7.41. The molecule has 33 heavy (non-hydrogen) atoms. The summed E-state index contributed by atoms with van der Waals surface area (Å²) in [5.41, 5.74) is 1.56. The highest BCUT2D eigenvalue weighted by Gasteiger charge is 2.40. The van der Waals surface area contributed by atoms with Crippen LogP contribution in [0.4, 0.5) is 15.8 Å². The van der Waals surface area contributed by atoms with Crippen LogP contribution in [-0.4, -0.2) is 25.5 Å². The van der Waals surface area contributed by atoms with Crippen LogP contribution < -0.4 is 19.7 Å². The van der Waals surface area contributed by atoms with Crippen molar-refractivity contribution in [3.8, 4) is 11.5 Å². The summed E-state index contributed by atoms with van der Waals surface area (Å²) < 4.78 is 24.7. The van der Waals surface area contributed by atoms with E-state index < -0.39 is 17.6 Å². The number of hydrogen-bond donors (Lipinski definition) is 1. The molecule has 3 aromatic carbocycles. The molecule has 0 fully saturated rings. The quantitative estimate of drug-likeness (QED) is 0.492. The van der Waals surface area contributed by atoms with Crippen molar-refractivity contribution in [3.05, 3.63) is 89.9 Å². The summed E-state index contributed by atoms with van der Waals surface area (Å²) in [5, 5.41) is 3.07. The maximum Gasteiger partial charge on any atom is 0.282 e. The van der Waals surface area contributed by atoms with Gasteiger partial charge in [0, 0.05) is 11.8 Å². The average molecular weight is 446 g/mol. The molecule has 0 saturated heterocycles. The highest BCUT2D eigenvalue weighted by atomic mass is 19.1. The highest BCUT2D eigenvalue weighted by molar-refractivity contribution is 6.46. The van der Waals surface area contributed by atoms with Gasteiger partial charge in [-0.15, -0.1) is 0 Å². The van der Waals surface area contributed by atoms with Crippen molar-refractivity contribution >= 4 is 28.8 Å². The van der Waals surface area contributed by atoms with Gasteiger partial charge in [0.2, 0.25) is 0 Å². The van der Waals surface area contributed by atoms with E-state index in [0.29, 0.717) is 29.4 Å². The minimum Gasteiger partial charge on any atom is -0.497 e. The number of ether oxygens (including phenoxy) is 2. The number of imide groups is 1. The molecule has 2 amide bonds. The third-order valence-corrected chi connectivity index (χ3v) is 5.11. The Bertz CT molecular complexity index is 1220. The van der Waals surface area contributed by atoms with Gasteiger partial charge in [-0.25, -0.2) is 9.29 Å². The number of carbonyl (C=O) groups excluding carboxylic acids is 2. The number of methoxy groups -OCH3 is 1. The standard InChI is InChI=1S/C26H23FN2O4/c1-3-14-33-21-12-10-17(11-13-21)23-24(28-19-7-5-9-22(16-19)32-2)26(31)29(25(23)30)20-8-4-6-18(27)15-20/h4-13,15-16,28H,3,14H2,1-2H3. The smallest absolute Gasteiger partial charge is 0.282 e. The third kappa shape index (κ3) is 4.57. The first-order chi connectivity index (χ1) is 16.0. The zero-order valence-corrected chi connectivity index (χ0v) is 18.3. The fourth-order valence-electron chi connectivity index (χ4n) is 3.55. The van der Waals surface area contributed by atoms with Crippen molar-refractivity contribution in [2.45, 2.75) is 13.3 Å². The molecule has 168 valence electrons. The van der Waals surface area contributed by atoms with Crippen LogP contribution in [0.3, 0.4) is 0 Å². The van der Waals surface area contributed by atoms with E-state index in [9.17, 15) is 14.0 Å². The summed E-state index contributed by atoms with van der Waals surface area (Å²) in [7, 11) is 1.54. The monoisotopic (exact) mass is 446 g/mol. The van der Waals surface area contributed by atoms with Crippen molar-refractivity contribution in [1.82, 2.24) is 0 Å². The van der Waals surface area contributed by atoms with Crippen molar-refractivity contribution in [2.75, 3.05) is 23.9 Å². The van der Waals surface area contributed by atoms with Gasteiger partial charge in [0.15, 0.2) is 0 Å². The first-order valence-electron chi connectivity index (χ1n) is 10.5. The molecule has 1 aliphatic heterocycles. The van der Waals surface area contributed by atoms with E-state index in [0.717, 1.165) is 17.4 Å². The molecule has 0 atom stereocenters. The topological polar surface area (TPSA) is 67.9 Å². The number of carbonyl (C=O) groups is 2. The number of benzene rings is 3. The van der Waals surface area contributed by atoms with E-state index in [1.165, 1.54) is 18.2 Å². The van der Waals surface area contributed by atoms with Crippen molar-refractivity contribution < 1.29 is 23.5 Å². The summed E-state index contributed by atoms with van der Waals surface area (Å²) >= 11 is 0. The van der Waals surface area contributed by atoms with Crippen LogP contribution in [0.15, 0.2) is 78.5 Å². The second kappa shape index (κ2) is 9.56. The molecular weight excluding hydrogens is 423 g/mol. The first-order valence-corrected chi connectivity index (χ1v) is 10.5. The average Bonchev–Trinajstić information content (AvgIpc) is 3.07. The van der Waals surface area contributed by atoms with Crippen molar-refractivity contribution in [3.63, 3.8) is 0 Å². The van der Waals surface area contributed by atoms with Gasteiger partial charge in [0.1, 0.15) is 23.0 Å². The lowest BCUT2D eigenvalue weighted by molar-refractivity contribution is -0.120. The van der Waals surface area contributed by atoms with Crippen LogP contribution in [0.5, 0.6) is 11.5 Å². The summed E-state index contributed by atoms with van der Waals surface area (Å²) in [6, 6.07) is 19.4. The van der Waals surface area contributed by atoms with E-state index in [-0.39, 0.29) is 17.0 Å². The van der Waals surface area contributed by atoms with Crippen LogP contribution in [-0.2, 0) is 9.59 Å². The molecule has 1 N–H and O–H groups in total. The Kier molecular flexibility index (Phi) is 6.40. The van der Waals surface area contributed by atoms with E-state index >= 15 is 0 Å². The second-order valence-electron chi connectivity index (χ2n) is 7.41. The van der Waals surface area contributed by atoms with Crippen LogP contribution >= 0.6 is 0 Å². The van der Waals surface area contributed by atoms with Gasteiger partial charge in [0.05, 0.1) is 25.0 Å². The molecular formula is C26H23FN2O4. The number of amides is 2. The molecule has 6 nitrogen and oxygen atoms in total. The molecule has 0 unspecified atom stereocenters. The molecule has 1 aliphatic rings. The zero-order valence-electron chi connectivity index (χ0n) is 18.3. The fraction of sp³-hybridized carbons (Fsp3) is 0.154. The summed E-state index contributed by atoms with van der Waals surface area (Å²) in [6.45, 7) is 2.59. The Morgan fingerprint density at radius 1 is 0.909 bits per heavy atom. The molecule has 0 aromatic heterocycles. The minimum absolute atomic E-state index is 0.0970. The lowest BCUT2D eigenvalue weighted by Crippen LogP contribution is -2.32. The van der Waals surface area contributed by atoms with Gasteiger partial charge in [-0.3, -0.25) is 9.59 Å². The Labute approximate surface area is 191 Å². The van der Waals surface area contributed by atoms with E-state index in [1.54, 1.807) is 55.6 Å². The number of halogens is 1. The predicted octanol–water partition coefficient (Wildman–Crippen LogP) is 5.02. The van der Waals surface area contributed by atoms with Gasteiger partial charge < -0.3 is 14.8 Å². The number of rotatable bonds is 8. The van der Waals surface area contributed by atoms with Gasteiger partial charge in [-0.2, -0.15) is 0 Å². The molecule has 0 aliphatic carbocycles. The number of nitrogens with one attached hydrogen (secondary N) is 1. The molecule has 7 heteroatoms. The fourth-order valence-corrected chi connectivity index (χ4v) is 3.55. The van der Waals surface area contributed by atoms with E-state index in [2.05, 4.69) is 5.32 Å². The van der Waals surface area contributed by atoms with E-state index in [1.807, 2.05) is 6.92 Å². The van der Waals surface area contributed by atoms with Crippen LogP contribution in [0.1, 0.15) is 18.9 Å². The van der Waals surface area contributed by atoms with Crippen LogP contribution in [0.25, 0.3) is 5.57 Å². The third-order valence-electron chi connectivity index (χ3n) is 5.11. The minimum atomic E-state index is -0.574. The highest BCUT2D eigenvalue weighted by Crippen LogP contribution is 2.35. The Morgan fingerprint density at radius 2 is 1.67 bits per heavy atom. The summed E-state index contributed by atoms with van der Waals surface area (Å²) in [4.78, 5) is 27.8. The zero-order chi connectivity index (χ0) is 23.4. The van der Waals surface area contributed by atoms with Gasteiger partial charge >= 0.3 is 0 Å². The normalized spacial score (nSPS) is 13.5. The SMILES string of the molecule is CCCOc1ccc(C2=C(Nc3cccc(OC)c3)C(=O)N(c3cccc(F)c3)C2=O)cc1. The number of hydrogen-bond acceptors (Lipinski definition) is 5. The maximum absolute atomic E-state index is 13.9. The number of anilines is 2. The summed E-state index contributed by atoms with van der Waals surface area (Å²) in [5.74, 6) is -0.394. The first kappa shape index (κ1) is 22.1. The molecule has 0 spiro atoms. The molecule has 1 heterocycles. The molecule has 4 rings (SSSR count). The Balaban J connectivity index is 1.77. The van der Waals surface area contributed by atoms with Gasteiger partial charge in [-0.1, -0.05) is 31.2 Å². The molecule has 0 saturated carbocycles. The van der Waals surface area contributed by atoms with Gasteiger partial charge in [0.25, 0.3) is 11.8 Å². The summed E-state index contributed by atoms with van der Waals surface area (Å²) in [6.07, 6.45) is 0.872. The number of nitrogens with zero attached hydrogens (tertiary/aromatic N) is 1. The van der Waals surface area contributed by atoms with Gasteiger partial charge in [-0.05, 0) is 54.4 Å². The maximum atomic E-state index is 13.9. The lowest BCUT2D eigenvalue weighted by atomic mass is 10.0. The Hall–Kier alpha value is -4.13. The largest absolute Gasteiger partial charge is 0.497 e. The lowest BCUT2D eigenvalue weighted by Gasteiger charge is -2.15. The van der Waals surface area contributed by atoms with E-state index in [4.69, 9.17) is 9.47 Å². The van der Waals surface area contributed by atoms with Crippen LogP contribution in [0.2, 0.25) is 0 Å². The van der Waals surface area contributed by atoms with Crippen molar-refractivity contribution in [2.24, 2.45) is 0 Å². The predicted molar refractivity (Wildman–Crippen MR) is 125 cm³/mol. The molecule has 0 bridgehead atoms. The molecule has 3 aromatic rings. The van der Waals surface area contributed by atoms with Crippen LogP contribution in [0, 0.1) is 5.82 Å². The Morgan fingerprint density at radius 3 is 2.36 bits per heavy atom. The molecule has 0 radical (unpaired) electrons. The van der Waals surface area contributed by atoms with Crippen molar-refractivity contribution in [1.29, 1.82) is 0 Å².